The molecular weight excluding hydrogens is 471 g/mol. The van der Waals surface area contributed by atoms with Gasteiger partial charge < -0.3 is 25.6 Å². The van der Waals surface area contributed by atoms with E-state index in [-0.39, 0.29) is 29.2 Å². The van der Waals surface area contributed by atoms with Crippen LogP contribution in [0.15, 0.2) is 53.0 Å². The highest BCUT2D eigenvalue weighted by atomic mass is 19.1. The number of aromatic nitrogens is 1. The van der Waals surface area contributed by atoms with Crippen molar-refractivity contribution < 1.29 is 19.7 Å². The first-order valence-electron chi connectivity index (χ1n) is 13.5. The minimum absolute atomic E-state index is 0.0755. The highest BCUT2D eigenvalue weighted by Crippen LogP contribution is 2.63. The average molecular weight is 511 g/mol. The quantitative estimate of drug-likeness (QED) is 0.375. The minimum atomic E-state index is -1.90. The van der Waals surface area contributed by atoms with Crippen molar-refractivity contribution in [1.82, 2.24) is 10.3 Å². The van der Waals surface area contributed by atoms with Crippen molar-refractivity contribution in [2.24, 2.45) is 17.3 Å². The van der Waals surface area contributed by atoms with Crippen LogP contribution in [-0.4, -0.2) is 57.9 Å². The number of pyridine rings is 1. The number of allylic oxidation sites excluding steroid dienone is 3. The molecule has 0 spiro atoms. The van der Waals surface area contributed by atoms with Gasteiger partial charge in [0.05, 0.1) is 11.7 Å². The van der Waals surface area contributed by atoms with E-state index in [1.807, 2.05) is 44.4 Å². The van der Waals surface area contributed by atoms with E-state index in [0.29, 0.717) is 49.5 Å². The molecule has 1 aromatic heterocycles. The van der Waals surface area contributed by atoms with Gasteiger partial charge >= 0.3 is 0 Å². The van der Waals surface area contributed by atoms with E-state index in [9.17, 15) is 20.1 Å². The van der Waals surface area contributed by atoms with E-state index in [1.165, 1.54) is 0 Å². The molecule has 0 aliphatic heterocycles. The van der Waals surface area contributed by atoms with E-state index >= 15 is 4.39 Å². The van der Waals surface area contributed by atoms with Crippen molar-refractivity contribution >= 4 is 16.3 Å². The molecule has 37 heavy (non-hydrogen) atoms. The molecule has 1 heterocycles. The largest absolute Gasteiger partial charge is 0.393 e. The molecule has 0 radical (unpaired) electrons. The van der Waals surface area contributed by atoms with Crippen LogP contribution >= 0.6 is 0 Å². The monoisotopic (exact) mass is 510 g/mol. The SMILES string of the molecule is CC12CC=C3C(O)C4(F)CC(O)CCC4CC[C@]3(O)C1CC=C2c1ccc2c(=O)[nH]ccc2c1.CNC. The lowest BCUT2D eigenvalue weighted by Crippen LogP contribution is -2.55. The zero-order chi connectivity index (χ0) is 26.6. The maximum atomic E-state index is 16.2. The zero-order valence-corrected chi connectivity index (χ0v) is 21.9. The van der Waals surface area contributed by atoms with Crippen LogP contribution in [0, 0.1) is 17.3 Å². The fourth-order valence-electron chi connectivity index (χ4n) is 7.70. The Kier molecular flexibility index (Phi) is 6.72. The van der Waals surface area contributed by atoms with Gasteiger partial charge in [0, 0.05) is 29.3 Å². The molecule has 0 saturated heterocycles. The second kappa shape index (κ2) is 9.45. The molecular formula is C30H39FN2O4. The van der Waals surface area contributed by atoms with Crippen LogP contribution in [0.2, 0.25) is 0 Å². The first kappa shape index (κ1) is 26.3. The van der Waals surface area contributed by atoms with Crippen LogP contribution in [-0.2, 0) is 0 Å². The average Bonchev–Trinajstić information content (AvgIpc) is 3.18. The van der Waals surface area contributed by atoms with E-state index in [0.717, 1.165) is 16.5 Å². The van der Waals surface area contributed by atoms with Gasteiger partial charge in [0.1, 0.15) is 11.8 Å². The van der Waals surface area contributed by atoms with Gasteiger partial charge in [0.2, 0.25) is 0 Å². The number of hydrogen-bond donors (Lipinski definition) is 5. The molecule has 5 N–H and O–H groups in total. The number of aliphatic hydroxyl groups excluding tert-OH is 2. The molecule has 4 aliphatic rings. The number of rotatable bonds is 1. The molecule has 0 amide bonds. The fraction of sp³-hybridized carbons (Fsp3) is 0.567. The second-order valence-electron chi connectivity index (χ2n) is 11.7. The van der Waals surface area contributed by atoms with Crippen molar-refractivity contribution in [1.29, 1.82) is 0 Å². The molecule has 7 atom stereocenters. The van der Waals surface area contributed by atoms with Crippen LogP contribution in [0.4, 0.5) is 4.39 Å². The molecule has 1 aromatic carbocycles. The Balaban J connectivity index is 0.000000892. The van der Waals surface area contributed by atoms with Gasteiger partial charge in [-0.15, -0.1) is 0 Å². The van der Waals surface area contributed by atoms with Crippen molar-refractivity contribution in [2.45, 2.75) is 75.3 Å². The summed E-state index contributed by atoms with van der Waals surface area (Å²) < 4.78 is 16.2. The summed E-state index contributed by atoms with van der Waals surface area (Å²) >= 11 is 0. The van der Waals surface area contributed by atoms with Crippen molar-refractivity contribution in [2.75, 3.05) is 14.1 Å². The van der Waals surface area contributed by atoms with Crippen molar-refractivity contribution in [3.63, 3.8) is 0 Å². The van der Waals surface area contributed by atoms with Crippen LogP contribution < -0.4 is 10.9 Å². The Morgan fingerprint density at radius 3 is 2.62 bits per heavy atom. The van der Waals surface area contributed by atoms with E-state index in [1.54, 1.807) is 6.20 Å². The molecule has 6 rings (SSSR count). The second-order valence-corrected chi connectivity index (χ2v) is 11.7. The standard InChI is InChI=1S/C28H32FNO4.C2H7N/c1-26-11-9-22-24(32)27(29)15-19(31)4-3-18(27)8-12-28(22,34)23(26)7-6-21(26)17-2-5-20-16(14-17)10-13-30-25(20)33;1-3-2/h2,5-6,9-10,13-14,18-19,23-24,31-32,34H,3-4,7-8,11-12,15H2,1H3,(H,30,33);3H,1-2H3/t18?,19?,23?,24?,26?,27?,28-;/m1./s1. The molecule has 7 heteroatoms. The predicted molar refractivity (Wildman–Crippen MR) is 144 cm³/mol. The minimum Gasteiger partial charge on any atom is -0.393 e. The normalized spacial score (nSPS) is 38.8. The number of benzene rings is 1. The number of aromatic amines is 1. The third-order valence-corrected chi connectivity index (χ3v) is 9.55. The van der Waals surface area contributed by atoms with Crippen LogP contribution in [0.25, 0.3) is 16.3 Å². The Labute approximate surface area is 217 Å². The summed E-state index contributed by atoms with van der Waals surface area (Å²) in [5, 5.41) is 37.9. The van der Waals surface area contributed by atoms with Gasteiger partial charge in [-0.2, -0.15) is 0 Å². The lowest BCUT2D eigenvalue weighted by Gasteiger charge is -2.50. The smallest absolute Gasteiger partial charge is 0.255 e. The Morgan fingerprint density at radius 2 is 1.86 bits per heavy atom. The lowest BCUT2D eigenvalue weighted by molar-refractivity contribution is -0.0963. The van der Waals surface area contributed by atoms with Crippen molar-refractivity contribution in [3.8, 4) is 0 Å². The summed E-state index contributed by atoms with van der Waals surface area (Å²) in [4.78, 5) is 14.8. The third-order valence-electron chi connectivity index (χ3n) is 9.55. The molecule has 0 bridgehead atoms. The molecule has 2 aromatic rings. The van der Waals surface area contributed by atoms with E-state index < -0.39 is 23.5 Å². The molecule has 4 aliphatic carbocycles. The number of H-pyrrole nitrogens is 1. The Morgan fingerprint density at radius 1 is 1.11 bits per heavy atom. The topological polar surface area (TPSA) is 106 Å². The first-order valence-corrected chi connectivity index (χ1v) is 13.5. The van der Waals surface area contributed by atoms with Gasteiger partial charge in [-0.3, -0.25) is 4.79 Å². The number of nitrogens with one attached hydrogen (secondary N) is 2. The predicted octanol–water partition coefficient (Wildman–Crippen LogP) is 3.86. The van der Waals surface area contributed by atoms with Gasteiger partial charge in [0.15, 0.2) is 0 Å². The molecule has 200 valence electrons. The fourth-order valence-corrected chi connectivity index (χ4v) is 7.70. The van der Waals surface area contributed by atoms with Gasteiger partial charge in [0.25, 0.3) is 5.56 Å². The number of fused-ring (bicyclic) bond motifs is 5. The number of halogens is 1. The first-order chi connectivity index (χ1) is 17.6. The third kappa shape index (κ3) is 4.02. The number of aliphatic hydroxyl groups is 3. The van der Waals surface area contributed by atoms with Crippen LogP contribution in [0.3, 0.4) is 0 Å². The zero-order valence-electron chi connectivity index (χ0n) is 21.9. The molecule has 2 fully saturated rings. The summed E-state index contributed by atoms with van der Waals surface area (Å²) in [5.41, 5.74) is -1.12. The number of hydrogen-bond acceptors (Lipinski definition) is 5. The van der Waals surface area contributed by atoms with Gasteiger partial charge in [-0.25, -0.2) is 4.39 Å². The Bertz CT molecular complexity index is 1300. The maximum Gasteiger partial charge on any atom is 0.255 e. The number of alkyl halides is 1. The molecule has 2 saturated carbocycles. The summed E-state index contributed by atoms with van der Waals surface area (Å²) in [5.74, 6) is -0.534. The van der Waals surface area contributed by atoms with E-state index in [4.69, 9.17) is 0 Å². The van der Waals surface area contributed by atoms with Crippen LogP contribution in [0.5, 0.6) is 0 Å². The highest BCUT2D eigenvalue weighted by molar-refractivity contribution is 5.87. The summed E-state index contributed by atoms with van der Waals surface area (Å²) in [6.45, 7) is 2.16. The lowest BCUT2D eigenvalue weighted by atomic mass is 9.57. The van der Waals surface area contributed by atoms with Gasteiger partial charge in [-0.05, 0) is 98.8 Å². The van der Waals surface area contributed by atoms with Crippen molar-refractivity contribution in [3.05, 3.63) is 64.1 Å². The highest BCUT2D eigenvalue weighted by Gasteiger charge is 2.62. The summed E-state index contributed by atoms with van der Waals surface area (Å²) in [7, 11) is 3.75. The molecule has 6 unspecified atom stereocenters. The maximum absolute atomic E-state index is 16.2. The van der Waals surface area contributed by atoms with Crippen LogP contribution in [0.1, 0.15) is 57.4 Å². The summed E-state index contributed by atoms with van der Waals surface area (Å²) in [6.07, 6.45) is 6.68. The molecule has 6 nitrogen and oxygen atoms in total. The Hall–Kier alpha value is -2.32. The van der Waals surface area contributed by atoms with Gasteiger partial charge in [-0.1, -0.05) is 25.1 Å². The summed E-state index contributed by atoms with van der Waals surface area (Å²) in [6, 6.07) is 7.73. The van der Waals surface area contributed by atoms with E-state index in [2.05, 4.69) is 23.3 Å².